The quantitative estimate of drug-likeness (QED) is 0.655. The van der Waals surface area contributed by atoms with Crippen LogP contribution in [0.4, 0.5) is 17.1 Å². The van der Waals surface area contributed by atoms with Crippen LogP contribution >= 0.6 is 11.6 Å². The van der Waals surface area contributed by atoms with Crippen molar-refractivity contribution in [3.8, 4) is 0 Å². The second-order valence-electron chi connectivity index (χ2n) is 6.05. The number of nitro benzene ring substituents is 1. The number of nitrogens with one attached hydrogen (secondary N) is 1. The number of hydrogen-bond donors (Lipinski definition) is 1. The lowest BCUT2D eigenvalue weighted by atomic mass is 10.1. The Labute approximate surface area is 154 Å². The molecule has 1 atom stereocenters. The first-order chi connectivity index (χ1) is 12.4. The molecule has 1 aliphatic rings. The summed E-state index contributed by atoms with van der Waals surface area (Å²) in [6.07, 6.45) is 0.0605. The van der Waals surface area contributed by atoms with Crippen LogP contribution in [0.5, 0.6) is 0 Å². The van der Waals surface area contributed by atoms with Crippen LogP contribution in [-0.4, -0.2) is 23.3 Å². The van der Waals surface area contributed by atoms with E-state index in [0.717, 1.165) is 0 Å². The van der Waals surface area contributed by atoms with Crippen LogP contribution in [0, 0.1) is 23.0 Å². The molecule has 1 aliphatic heterocycles. The summed E-state index contributed by atoms with van der Waals surface area (Å²) in [6.45, 7) is 1.78. The van der Waals surface area contributed by atoms with Gasteiger partial charge in [-0.1, -0.05) is 29.8 Å². The molecular weight excluding hydrogens is 358 g/mol. The molecule has 1 saturated heterocycles. The van der Waals surface area contributed by atoms with Crippen LogP contribution < -0.4 is 10.2 Å². The molecule has 1 N–H and O–H groups in total. The molecule has 2 amide bonds. The monoisotopic (exact) mass is 373 g/mol. The fourth-order valence-corrected chi connectivity index (χ4v) is 3.22. The van der Waals surface area contributed by atoms with Gasteiger partial charge in [-0.25, -0.2) is 0 Å². The summed E-state index contributed by atoms with van der Waals surface area (Å²) in [6, 6.07) is 11.4. The van der Waals surface area contributed by atoms with Crippen LogP contribution in [0.25, 0.3) is 0 Å². The van der Waals surface area contributed by atoms with Gasteiger partial charge in [0.15, 0.2) is 0 Å². The van der Waals surface area contributed by atoms with E-state index in [1.165, 1.54) is 17.0 Å². The van der Waals surface area contributed by atoms with E-state index >= 15 is 0 Å². The Hall–Kier alpha value is -2.93. The van der Waals surface area contributed by atoms with Crippen molar-refractivity contribution in [1.82, 2.24) is 0 Å². The number of nitro groups is 1. The molecule has 2 aromatic rings. The summed E-state index contributed by atoms with van der Waals surface area (Å²) >= 11 is 6.14. The summed E-state index contributed by atoms with van der Waals surface area (Å²) < 4.78 is 0. The van der Waals surface area contributed by atoms with Crippen molar-refractivity contribution in [2.45, 2.75) is 13.3 Å². The van der Waals surface area contributed by atoms with Crippen molar-refractivity contribution < 1.29 is 14.5 Å². The van der Waals surface area contributed by atoms with E-state index in [1.54, 1.807) is 37.3 Å². The zero-order valence-corrected chi connectivity index (χ0v) is 14.7. The second kappa shape index (κ2) is 7.13. The average molecular weight is 374 g/mol. The molecule has 0 saturated carbocycles. The molecule has 0 bridgehead atoms. The van der Waals surface area contributed by atoms with Gasteiger partial charge in [0, 0.05) is 19.0 Å². The SMILES string of the molecule is Cc1c(NC(=O)[C@@H]2CC(=O)N(c3ccccc3Cl)C2)cccc1[N+](=O)[O-]. The molecule has 0 radical (unpaired) electrons. The summed E-state index contributed by atoms with van der Waals surface area (Å²) in [5.74, 6) is -1.09. The number of nitrogens with zero attached hydrogens (tertiary/aromatic N) is 2. The molecule has 134 valence electrons. The smallest absolute Gasteiger partial charge is 0.274 e. The maximum atomic E-state index is 12.6. The Morgan fingerprint density at radius 2 is 2.00 bits per heavy atom. The van der Waals surface area contributed by atoms with Crippen molar-refractivity contribution in [1.29, 1.82) is 0 Å². The van der Waals surface area contributed by atoms with Crippen LogP contribution in [0.1, 0.15) is 12.0 Å². The zero-order valence-electron chi connectivity index (χ0n) is 13.9. The van der Waals surface area contributed by atoms with E-state index in [1.807, 2.05) is 0 Å². The average Bonchev–Trinajstić information content (AvgIpc) is 2.98. The van der Waals surface area contributed by atoms with Crippen LogP contribution in [0.3, 0.4) is 0 Å². The number of carbonyl (C=O) groups excluding carboxylic acids is 2. The number of hydrogen-bond acceptors (Lipinski definition) is 4. The molecule has 0 aromatic heterocycles. The van der Waals surface area contributed by atoms with Crippen molar-refractivity contribution in [3.63, 3.8) is 0 Å². The molecule has 1 heterocycles. The first-order valence-corrected chi connectivity index (χ1v) is 8.36. The molecule has 2 aromatic carbocycles. The lowest BCUT2D eigenvalue weighted by Crippen LogP contribution is -2.28. The van der Waals surface area contributed by atoms with Gasteiger partial charge in [-0.2, -0.15) is 0 Å². The van der Waals surface area contributed by atoms with Gasteiger partial charge in [0.25, 0.3) is 5.69 Å². The Bertz CT molecular complexity index is 900. The van der Waals surface area contributed by atoms with Gasteiger partial charge in [-0.15, -0.1) is 0 Å². The summed E-state index contributed by atoms with van der Waals surface area (Å²) in [5.41, 5.74) is 1.25. The third kappa shape index (κ3) is 3.39. The minimum absolute atomic E-state index is 0.0605. The molecule has 0 spiro atoms. The Morgan fingerprint density at radius 3 is 2.69 bits per heavy atom. The number of benzene rings is 2. The van der Waals surface area contributed by atoms with E-state index in [0.29, 0.717) is 22.0 Å². The third-order valence-electron chi connectivity index (χ3n) is 4.40. The lowest BCUT2D eigenvalue weighted by molar-refractivity contribution is -0.385. The van der Waals surface area contributed by atoms with Gasteiger partial charge < -0.3 is 10.2 Å². The minimum atomic E-state index is -0.558. The van der Waals surface area contributed by atoms with Crippen molar-refractivity contribution in [2.24, 2.45) is 5.92 Å². The fraction of sp³-hybridized carbons (Fsp3) is 0.222. The first kappa shape index (κ1) is 17.9. The Morgan fingerprint density at radius 1 is 1.27 bits per heavy atom. The molecule has 8 heteroatoms. The number of anilines is 2. The predicted octanol–water partition coefficient (Wildman–Crippen LogP) is 3.55. The van der Waals surface area contributed by atoms with Crippen LogP contribution in [0.2, 0.25) is 5.02 Å². The fourth-order valence-electron chi connectivity index (χ4n) is 2.98. The third-order valence-corrected chi connectivity index (χ3v) is 4.72. The minimum Gasteiger partial charge on any atom is -0.325 e. The van der Waals surface area contributed by atoms with E-state index in [9.17, 15) is 19.7 Å². The number of rotatable bonds is 4. The van der Waals surface area contributed by atoms with E-state index in [2.05, 4.69) is 5.32 Å². The topological polar surface area (TPSA) is 92.6 Å². The van der Waals surface area contributed by atoms with E-state index in [4.69, 9.17) is 11.6 Å². The molecule has 1 fully saturated rings. The second-order valence-corrected chi connectivity index (χ2v) is 6.46. The molecule has 3 rings (SSSR count). The highest BCUT2D eigenvalue weighted by molar-refractivity contribution is 6.33. The van der Waals surface area contributed by atoms with E-state index < -0.39 is 10.8 Å². The van der Waals surface area contributed by atoms with Gasteiger partial charge >= 0.3 is 0 Å². The van der Waals surface area contributed by atoms with Gasteiger partial charge in [0.05, 0.1) is 32.8 Å². The molecule has 7 nitrogen and oxygen atoms in total. The number of para-hydroxylation sites is 1. The highest BCUT2D eigenvalue weighted by Crippen LogP contribution is 2.32. The van der Waals surface area contributed by atoms with Crippen molar-refractivity contribution in [2.75, 3.05) is 16.8 Å². The number of amides is 2. The van der Waals surface area contributed by atoms with Crippen molar-refractivity contribution >= 4 is 40.5 Å². The van der Waals surface area contributed by atoms with Gasteiger partial charge in [-0.3, -0.25) is 19.7 Å². The number of halogens is 1. The lowest BCUT2D eigenvalue weighted by Gasteiger charge is -2.18. The molecule has 26 heavy (non-hydrogen) atoms. The zero-order chi connectivity index (χ0) is 18.8. The van der Waals surface area contributed by atoms with Crippen LogP contribution in [-0.2, 0) is 9.59 Å². The Kier molecular flexibility index (Phi) is 4.90. The summed E-state index contributed by atoms with van der Waals surface area (Å²) in [5, 5.41) is 14.2. The predicted molar refractivity (Wildman–Crippen MR) is 98.4 cm³/mol. The molecular formula is C18H16ClN3O4. The molecule has 0 aliphatic carbocycles. The highest BCUT2D eigenvalue weighted by atomic mass is 35.5. The standard InChI is InChI=1S/C18H16ClN3O4/c1-11-14(6-4-8-15(11)22(25)26)20-18(24)12-9-17(23)21(10-12)16-7-3-2-5-13(16)19/h2-8,12H,9-10H2,1H3,(H,20,24)/t12-/m1/s1. The summed E-state index contributed by atoms with van der Waals surface area (Å²) in [7, 11) is 0. The Balaban J connectivity index is 1.76. The maximum absolute atomic E-state index is 12.6. The number of carbonyl (C=O) groups is 2. The van der Waals surface area contributed by atoms with Crippen LogP contribution in [0.15, 0.2) is 42.5 Å². The largest absolute Gasteiger partial charge is 0.325 e. The first-order valence-electron chi connectivity index (χ1n) is 7.98. The van der Waals surface area contributed by atoms with Gasteiger partial charge in [-0.05, 0) is 25.1 Å². The normalized spacial score (nSPS) is 16.6. The molecule has 0 unspecified atom stereocenters. The summed E-state index contributed by atoms with van der Waals surface area (Å²) in [4.78, 5) is 36.9. The van der Waals surface area contributed by atoms with Gasteiger partial charge in [0.1, 0.15) is 0 Å². The van der Waals surface area contributed by atoms with Gasteiger partial charge in [0.2, 0.25) is 11.8 Å². The van der Waals surface area contributed by atoms with Crippen molar-refractivity contribution in [3.05, 3.63) is 63.2 Å². The highest BCUT2D eigenvalue weighted by Gasteiger charge is 2.36. The van der Waals surface area contributed by atoms with E-state index in [-0.39, 0.29) is 30.5 Å². The maximum Gasteiger partial charge on any atom is 0.274 e.